The van der Waals surface area contributed by atoms with Crippen molar-refractivity contribution in [2.75, 3.05) is 5.32 Å². The van der Waals surface area contributed by atoms with Crippen LogP contribution >= 0.6 is 45.5 Å². The van der Waals surface area contributed by atoms with Gasteiger partial charge in [-0.15, -0.1) is 0 Å². The second-order valence-electron chi connectivity index (χ2n) is 5.52. The van der Waals surface area contributed by atoms with Crippen LogP contribution in [0.2, 0.25) is 5.02 Å². The summed E-state index contributed by atoms with van der Waals surface area (Å²) in [5.41, 5.74) is 0.682. The molecule has 8 nitrogen and oxygen atoms in total. The molecule has 1 atom stereocenters. The zero-order valence-corrected chi connectivity index (χ0v) is 17.5. The number of nitriles is 1. The molecule has 134 valence electrons. The topological polar surface area (TPSA) is 105 Å². The van der Waals surface area contributed by atoms with E-state index in [1.165, 1.54) is 30.2 Å². The summed E-state index contributed by atoms with van der Waals surface area (Å²) >= 11 is 9.77. The summed E-state index contributed by atoms with van der Waals surface area (Å²) in [5.74, 6) is 1.30. The predicted molar refractivity (Wildman–Crippen MR) is 111 cm³/mol. The van der Waals surface area contributed by atoms with Crippen LogP contribution in [0.25, 0.3) is 16.0 Å². The van der Waals surface area contributed by atoms with Crippen molar-refractivity contribution < 1.29 is 0 Å². The van der Waals surface area contributed by atoms with Crippen LogP contribution in [-0.2, 0) is 0 Å². The lowest BCUT2D eigenvalue weighted by Crippen LogP contribution is -2.14. The molecular weight excluding hydrogens is 499 g/mol. The van der Waals surface area contributed by atoms with Crippen molar-refractivity contribution in [2.45, 2.75) is 13.0 Å². The molecule has 4 rings (SSSR count). The van der Waals surface area contributed by atoms with E-state index in [9.17, 15) is 0 Å². The molecule has 0 unspecified atom stereocenters. The largest absolute Gasteiger partial charge is 0.360 e. The van der Waals surface area contributed by atoms with Gasteiger partial charge >= 0.3 is 0 Å². The summed E-state index contributed by atoms with van der Waals surface area (Å²) in [6.07, 6.45) is 4.45. The third-order valence-electron chi connectivity index (χ3n) is 3.76. The van der Waals surface area contributed by atoms with E-state index in [0.717, 1.165) is 8.96 Å². The minimum absolute atomic E-state index is 0.225. The van der Waals surface area contributed by atoms with Crippen molar-refractivity contribution in [3.8, 4) is 11.2 Å². The van der Waals surface area contributed by atoms with Gasteiger partial charge in [0.1, 0.15) is 29.4 Å². The van der Waals surface area contributed by atoms with Crippen LogP contribution in [0.4, 0.5) is 5.82 Å². The minimum atomic E-state index is -0.225. The van der Waals surface area contributed by atoms with Gasteiger partial charge in [0.25, 0.3) is 0 Å². The highest BCUT2D eigenvalue weighted by molar-refractivity contribution is 14.1. The minimum Gasteiger partial charge on any atom is -0.360 e. The summed E-state index contributed by atoms with van der Waals surface area (Å²) in [5, 5.41) is 18.6. The van der Waals surface area contributed by atoms with Crippen LogP contribution in [0, 0.1) is 14.9 Å². The molecule has 27 heavy (non-hydrogen) atoms. The zero-order chi connectivity index (χ0) is 19.0. The Kier molecular flexibility index (Phi) is 4.90. The molecule has 0 radical (unpaired) electrons. The number of nitrogens with one attached hydrogen (secondary N) is 1. The van der Waals surface area contributed by atoms with Gasteiger partial charge in [-0.1, -0.05) is 22.9 Å². The van der Waals surface area contributed by atoms with E-state index in [4.69, 9.17) is 16.9 Å². The number of halogens is 2. The Labute approximate surface area is 176 Å². The Morgan fingerprint density at radius 1 is 1.26 bits per heavy atom. The van der Waals surface area contributed by atoms with E-state index in [1.807, 2.05) is 19.1 Å². The first-order valence-corrected chi connectivity index (χ1v) is 9.96. The van der Waals surface area contributed by atoms with Crippen molar-refractivity contribution in [1.29, 1.82) is 5.26 Å². The molecule has 0 amide bonds. The Hall–Kier alpha value is -2.36. The highest BCUT2D eigenvalue weighted by Crippen LogP contribution is 2.30. The molecule has 0 saturated heterocycles. The monoisotopic (exact) mass is 508 g/mol. The smallest absolute Gasteiger partial charge is 0.213 e. The van der Waals surface area contributed by atoms with Gasteiger partial charge in [0.05, 0.1) is 22.8 Å². The summed E-state index contributed by atoms with van der Waals surface area (Å²) in [6, 6.07) is 5.68. The third kappa shape index (κ3) is 3.45. The van der Waals surface area contributed by atoms with Gasteiger partial charge < -0.3 is 5.32 Å². The second kappa shape index (κ2) is 7.34. The summed E-state index contributed by atoms with van der Waals surface area (Å²) in [4.78, 5) is 17.7. The number of hydrogen-bond donors (Lipinski definition) is 1. The van der Waals surface area contributed by atoms with Crippen LogP contribution in [-0.4, -0.2) is 29.7 Å². The molecule has 0 aliphatic carbocycles. The van der Waals surface area contributed by atoms with E-state index in [0.29, 0.717) is 32.2 Å². The fourth-order valence-electron chi connectivity index (χ4n) is 2.58. The highest BCUT2D eigenvalue weighted by atomic mass is 127. The highest BCUT2D eigenvalue weighted by Gasteiger charge is 2.18. The number of rotatable bonds is 4. The molecule has 1 aromatic carbocycles. The molecule has 11 heteroatoms. The van der Waals surface area contributed by atoms with E-state index in [2.05, 4.69) is 59.0 Å². The standard InChI is InChI=1S/C16H10ClIN8S/c1-8(15-23-7-24-26(15)16-20-5-10(4-19)27-16)25-14-11-2-9(18)3-12(17)13(11)21-6-22-14/h2-3,5-8H,1H3,(H,21,22,25)/t8-/m0/s1. The molecule has 3 aromatic heterocycles. The maximum absolute atomic E-state index is 9.00. The van der Waals surface area contributed by atoms with Gasteiger partial charge in [0.15, 0.2) is 5.82 Å². The molecule has 3 heterocycles. The lowest BCUT2D eigenvalue weighted by molar-refractivity contribution is 0.719. The number of fused-ring (bicyclic) bond motifs is 1. The van der Waals surface area contributed by atoms with Crippen LogP contribution in [0.5, 0.6) is 0 Å². The molecule has 4 aromatic rings. The van der Waals surface area contributed by atoms with Gasteiger partial charge in [0, 0.05) is 8.96 Å². The van der Waals surface area contributed by atoms with Crippen molar-refractivity contribution in [3.63, 3.8) is 0 Å². The molecule has 1 N–H and O–H groups in total. The number of benzene rings is 1. The molecule has 0 spiro atoms. The first-order valence-electron chi connectivity index (χ1n) is 7.69. The fourth-order valence-corrected chi connectivity index (χ4v) is 4.34. The van der Waals surface area contributed by atoms with Crippen LogP contribution in [0.3, 0.4) is 0 Å². The zero-order valence-electron chi connectivity index (χ0n) is 13.8. The van der Waals surface area contributed by atoms with Gasteiger partial charge in [0.2, 0.25) is 5.13 Å². The number of nitrogens with zero attached hydrogens (tertiary/aromatic N) is 7. The third-order valence-corrected chi connectivity index (χ3v) is 5.54. The van der Waals surface area contributed by atoms with Crippen molar-refractivity contribution in [1.82, 2.24) is 29.7 Å². The van der Waals surface area contributed by atoms with Gasteiger partial charge in [-0.2, -0.15) is 15.0 Å². The van der Waals surface area contributed by atoms with E-state index in [1.54, 1.807) is 4.68 Å². The quantitative estimate of drug-likeness (QED) is 0.416. The summed E-state index contributed by atoms with van der Waals surface area (Å²) in [6.45, 7) is 1.95. The van der Waals surface area contributed by atoms with Crippen LogP contribution < -0.4 is 5.32 Å². The molecular formula is C16H10ClIN8S. The number of thiazole rings is 1. The fraction of sp³-hybridized carbons (Fsp3) is 0.125. The second-order valence-corrected chi connectivity index (χ2v) is 8.18. The SMILES string of the molecule is C[C@H](Nc1ncnc2c(Cl)cc(I)cc12)c1ncnn1-c1ncc(C#N)s1. The van der Waals surface area contributed by atoms with Crippen molar-refractivity contribution in [2.24, 2.45) is 0 Å². The molecule has 0 saturated carbocycles. The number of anilines is 1. The van der Waals surface area contributed by atoms with E-state index in [-0.39, 0.29) is 6.04 Å². The van der Waals surface area contributed by atoms with Crippen molar-refractivity contribution in [3.05, 3.63) is 50.3 Å². The Bertz CT molecular complexity index is 1180. The van der Waals surface area contributed by atoms with Crippen LogP contribution in [0.1, 0.15) is 23.7 Å². The van der Waals surface area contributed by atoms with E-state index < -0.39 is 0 Å². The number of hydrogen-bond acceptors (Lipinski definition) is 8. The maximum atomic E-state index is 9.00. The predicted octanol–water partition coefficient (Wildman–Crippen LogP) is 3.97. The molecule has 0 fully saturated rings. The summed E-state index contributed by atoms with van der Waals surface area (Å²) < 4.78 is 2.61. The Morgan fingerprint density at radius 3 is 2.89 bits per heavy atom. The maximum Gasteiger partial charge on any atom is 0.213 e. The first-order chi connectivity index (χ1) is 13.1. The molecule has 0 bridgehead atoms. The Balaban J connectivity index is 1.70. The van der Waals surface area contributed by atoms with Gasteiger partial charge in [-0.05, 0) is 41.6 Å². The van der Waals surface area contributed by atoms with Gasteiger partial charge in [-0.25, -0.2) is 19.9 Å². The average Bonchev–Trinajstić information content (AvgIpc) is 3.31. The lowest BCUT2D eigenvalue weighted by Gasteiger charge is -2.15. The molecule has 0 aliphatic heterocycles. The van der Waals surface area contributed by atoms with E-state index >= 15 is 0 Å². The lowest BCUT2D eigenvalue weighted by atomic mass is 10.2. The number of aromatic nitrogens is 6. The van der Waals surface area contributed by atoms with Crippen molar-refractivity contribution >= 4 is 62.2 Å². The van der Waals surface area contributed by atoms with Gasteiger partial charge in [-0.3, -0.25) is 0 Å². The first kappa shape index (κ1) is 18.0. The normalized spacial score (nSPS) is 12.1. The molecule has 0 aliphatic rings. The Morgan fingerprint density at radius 2 is 2.11 bits per heavy atom. The summed E-state index contributed by atoms with van der Waals surface area (Å²) in [7, 11) is 0. The van der Waals surface area contributed by atoms with Crippen LogP contribution in [0.15, 0.2) is 31.0 Å². The average molecular weight is 509 g/mol.